The molecule has 0 bridgehead atoms. The van der Waals surface area contributed by atoms with Crippen molar-refractivity contribution in [2.75, 3.05) is 26.9 Å². The number of hydrogen-bond donors (Lipinski definition) is 8. The van der Waals surface area contributed by atoms with Gasteiger partial charge in [-0.15, -0.1) is 0 Å². The first-order chi connectivity index (χ1) is 18.0. The maximum absolute atomic E-state index is 11.0. The summed E-state index contributed by atoms with van der Waals surface area (Å²) in [7, 11) is 1.27. The molecule has 18 heteroatoms. The molecule has 4 rings (SSSR count). The number of aliphatic carboxylic acids is 1. The van der Waals surface area contributed by atoms with Gasteiger partial charge in [-0.25, -0.2) is 0 Å². The quantitative estimate of drug-likeness (QED) is 0.0983. The smallest absolute Gasteiger partial charge is 0.547 e. The standard InChI is InChI=1S/C14H26O10.C8H9NO5.K.H3N/c1-5-6(3-15)22-14(10(19)8(5)17)24-12-7(4-16)23-13(21-2)11(20)9(12)18;10-2-1-4-7(8(12)13)9-5(11)3-6(9)14-4;;/h5-20H,3-4H2,1-2H3;1,6-7,10H,2-3H2,(H,12,13);;1H3/q;;+1;/p-1/b;4-1-;;/t5-,6-,7-,8+,9-,10-,11-,12-,13-,14+;6-,7-;;/m11../s1. The van der Waals surface area contributed by atoms with E-state index in [0.717, 1.165) is 4.90 Å². The predicted molar refractivity (Wildman–Crippen MR) is 122 cm³/mol. The summed E-state index contributed by atoms with van der Waals surface area (Å²) in [5.74, 6) is -2.11. The number of carboxylic acids is 1. The number of carbonyl (C=O) groups excluding carboxylic acids is 2. The van der Waals surface area contributed by atoms with Crippen molar-refractivity contribution in [3.05, 3.63) is 11.8 Å². The molecule has 0 saturated carbocycles. The summed E-state index contributed by atoms with van der Waals surface area (Å²) in [5.41, 5.74) is 0. The summed E-state index contributed by atoms with van der Waals surface area (Å²) in [6.45, 7) is 0.340. The second kappa shape index (κ2) is 16.5. The van der Waals surface area contributed by atoms with Gasteiger partial charge in [0.1, 0.15) is 42.3 Å². The van der Waals surface area contributed by atoms with Crippen LogP contribution in [-0.4, -0.2) is 147 Å². The largest absolute Gasteiger partial charge is 1.00 e. The number of amides is 1. The Morgan fingerprint density at radius 3 is 2.10 bits per heavy atom. The molecule has 40 heavy (non-hydrogen) atoms. The van der Waals surface area contributed by atoms with Crippen LogP contribution in [0.25, 0.3) is 0 Å². The van der Waals surface area contributed by atoms with Gasteiger partial charge in [0.2, 0.25) is 5.91 Å². The molecule has 0 aromatic carbocycles. The molecule has 0 aliphatic carbocycles. The van der Waals surface area contributed by atoms with Gasteiger partial charge in [0.25, 0.3) is 0 Å². The minimum Gasteiger partial charge on any atom is -0.547 e. The Kier molecular flexibility index (Phi) is 15.5. The summed E-state index contributed by atoms with van der Waals surface area (Å²) in [6.07, 6.45) is -10.3. The number of aliphatic hydroxyl groups is 7. The third kappa shape index (κ3) is 7.77. The molecule has 4 saturated heterocycles. The number of rotatable bonds is 7. The van der Waals surface area contributed by atoms with Crippen LogP contribution in [0.2, 0.25) is 0 Å². The molecule has 0 aromatic rings. The Hall–Kier alpha value is -0.364. The maximum Gasteiger partial charge on any atom is 1.00 e. The van der Waals surface area contributed by atoms with Crippen molar-refractivity contribution in [2.24, 2.45) is 5.92 Å². The number of hydrogen-bond acceptors (Lipinski definition) is 16. The Balaban J connectivity index is 0.000000428. The number of fused-ring (bicyclic) bond motifs is 1. The fourth-order valence-electron chi connectivity index (χ4n) is 4.61. The van der Waals surface area contributed by atoms with E-state index < -0.39 is 92.7 Å². The number of β-lactam (4-membered cyclic amide) rings is 1. The summed E-state index contributed by atoms with van der Waals surface area (Å²) < 4.78 is 26.2. The molecule has 17 nitrogen and oxygen atoms in total. The fraction of sp³-hybridized carbons (Fsp3) is 0.818. The summed E-state index contributed by atoms with van der Waals surface area (Å²) in [4.78, 5) is 22.9. The van der Waals surface area contributed by atoms with Gasteiger partial charge in [0.15, 0.2) is 18.8 Å². The van der Waals surface area contributed by atoms with Crippen molar-refractivity contribution in [1.29, 1.82) is 0 Å². The van der Waals surface area contributed by atoms with Crippen LogP contribution in [-0.2, 0) is 33.3 Å². The van der Waals surface area contributed by atoms with Crippen molar-refractivity contribution < 1.29 is 126 Å². The molecule has 4 aliphatic heterocycles. The van der Waals surface area contributed by atoms with Crippen molar-refractivity contribution in [2.45, 2.75) is 80.9 Å². The van der Waals surface area contributed by atoms with Crippen molar-refractivity contribution in [3.8, 4) is 0 Å². The van der Waals surface area contributed by atoms with Gasteiger partial charge < -0.3 is 75.5 Å². The van der Waals surface area contributed by atoms with Crippen LogP contribution >= 0.6 is 0 Å². The number of nitrogens with zero attached hydrogens (tertiary/aromatic N) is 1. The number of aliphatic hydroxyl groups excluding tert-OH is 7. The van der Waals surface area contributed by atoms with E-state index in [9.17, 15) is 45.3 Å². The van der Waals surface area contributed by atoms with E-state index in [1.54, 1.807) is 6.92 Å². The number of methoxy groups -OCH3 is 1. The zero-order valence-electron chi connectivity index (χ0n) is 22.4. The molecule has 0 radical (unpaired) electrons. The monoisotopic (exact) mass is 608 g/mol. The fourth-order valence-corrected chi connectivity index (χ4v) is 4.61. The molecule has 4 aliphatic rings. The molecular weight excluding hydrogens is 571 g/mol. The van der Waals surface area contributed by atoms with E-state index in [1.165, 1.54) is 13.2 Å². The Morgan fingerprint density at radius 1 is 1.02 bits per heavy atom. The second-order valence-corrected chi connectivity index (χ2v) is 9.20. The molecule has 4 heterocycles. The third-order valence-corrected chi connectivity index (χ3v) is 6.87. The van der Waals surface area contributed by atoms with Gasteiger partial charge >= 0.3 is 51.4 Å². The minimum atomic E-state index is -1.49. The average Bonchev–Trinajstić information content (AvgIpc) is 3.19. The van der Waals surface area contributed by atoms with E-state index in [0.29, 0.717) is 0 Å². The topological polar surface area (TPSA) is 283 Å². The number of ether oxygens (including phenoxy) is 5. The zero-order chi connectivity index (χ0) is 28.3. The van der Waals surface area contributed by atoms with E-state index in [2.05, 4.69) is 0 Å². The summed E-state index contributed by atoms with van der Waals surface area (Å²) >= 11 is 0. The van der Waals surface area contributed by atoms with E-state index in [-0.39, 0.29) is 82.2 Å². The maximum atomic E-state index is 11.0. The van der Waals surface area contributed by atoms with Gasteiger partial charge in [0, 0.05) is 13.0 Å². The third-order valence-electron chi connectivity index (χ3n) is 6.87. The van der Waals surface area contributed by atoms with Gasteiger partial charge in [-0.3, -0.25) is 9.69 Å². The molecule has 0 unspecified atom stereocenters. The van der Waals surface area contributed by atoms with Gasteiger partial charge in [-0.2, -0.15) is 0 Å². The summed E-state index contributed by atoms with van der Waals surface area (Å²) in [6, 6.07) is -1.17. The summed E-state index contributed by atoms with van der Waals surface area (Å²) in [5, 5.41) is 78.4. The molecule has 12 atom stereocenters. The Morgan fingerprint density at radius 2 is 1.60 bits per heavy atom. The number of carbonyl (C=O) groups is 2. The van der Waals surface area contributed by atoms with Crippen molar-refractivity contribution in [3.63, 3.8) is 0 Å². The normalized spacial score (nSPS) is 41.4. The first-order valence-corrected chi connectivity index (χ1v) is 11.9. The van der Waals surface area contributed by atoms with Gasteiger partial charge in [-0.05, 0) is 6.08 Å². The predicted octanol–water partition coefficient (Wildman–Crippen LogP) is -8.73. The van der Waals surface area contributed by atoms with E-state index >= 15 is 0 Å². The van der Waals surface area contributed by atoms with Crippen molar-refractivity contribution >= 4 is 11.9 Å². The zero-order valence-corrected chi connectivity index (χ0v) is 25.5. The van der Waals surface area contributed by atoms with Crippen LogP contribution < -0.4 is 62.6 Å². The van der Waals surface area contributed by atoms with Crippen LogP contribution in [0.5, 0.6) is 0 Å². The molecule has 1 amide bonds. The van der Waals surface area contributed by atoms with Crippen molar-refractivity contribution in [1.82, 2.24) is 11.1 Å². The molecule has 10 N–H and O–H groups in total. The van der Waals surface area contributed by atoms with Crippen LogP contribution in [0, 0.1) is 5.92 Å². The molecule has 0 aromatic heterocycles. The Labute approximate surface area is 272 Å². The van der Waals surface area contributed by atoms with Gasteiger partial charge in [0.05, 0.1) is 44.4 Å². The average molecular weight is 609 g/mol. The molecular formula is C22H37KN2O15. The molecule has 4 fully saturated rings. The molecule has 226 valence electrons. The first-order valence-electron chi connectivity index (χ1n) is 11.9. The molecule has 0 spiro atoms. The van der Waals surface area contributed by atoms with Crippen LogP contribution in [0.1, 0.15) is 13.3 Å². The van der Waals surface area contributed by atoms with Crippen LogP contribution in [0.3, 0.4) is 0 Å². The Bertz CT molecular complexity index is 864. The van der Waals surface area contributed by atoms with Crippen LogP contribution in [0.15, 0.2) is 11.8 Å². The SMILES string of the molecule is CO[C@@H]1O[C@H](CO)[C@@H](O[C@@H]2O[C@H](CO)[C@@H](C)[C@H](O)[C@H]2O)[C@H](O)[C@H]1O.N.O=C([O-])[C@H]1/C(=C/CO)O[C@@H]2CC(=O)N21.[K+]. The van der Waals surface area contributed by atoms with E-state index in [4.69, 9.17) is 28.8 Å². The van der Waals surface area contributed by atoms with Crippen LogP contribution in [0.4, 0.5) is 0 Å². The minimum absolute atomic E-state index is 0. The first kappa shape index (κ1) is 37.7. The van der Waals surface area contributed by atoms with E-state index in [1.807, 2.05) is 0 Å². The second-order valence-electron chi connectivity index (χ2n) is 9.20. The van der Waals surface area contributed by atoms with Gasteiger partial charge in [-0.1, -0.05) is 6.92 Å². The number of carboxylic acid groups (broad SMARTS) is 1.